The fourth-order valence-corrected chi connectivity index (χ4v) is 3.69. The number of hydrogen-bond acceptors (Lipinski definition) is 6. The second-order valence-electron chi connectivity index (χ2n) is 9.00. The Balaban J connectivity index is 1.98. The molecule has 2 N–H and O–H groups in total. The molecule has 158 valence electrons. The second-order valence-corrected chi connectivity index (χ2v) is 9.00. The van der Waals surface area contributed by atoms with E-state index >= 15 is 0 Å². The van der Waals surface area contributed by atoms with Crippen molar-refractivity contribution in [3.63, 3.8) is 0 Å². The molecule has 0 spiro atoms. The van der Waals surface area contributed by atoms with Crippen molar-refractivity contribution in [2.45, 2.75) is 54.5 Å². The molecular formula is C23H29N5O2. The van der Waals surface area contributed by atoms with Gasteiger partial charge in [-0.15, -0.1) is 0 Å². The summed E-state index contributed by atoms with van der Waals surface area (Å²) in [6.45, 7) is 14.6. The molecule has 0 aliphatic carbocycles. The number of aryl methyl sites for hydroxylation is 3. The summed E-state index contributed by atoms with van der Waals surface area (Å²) in [5.74, 6) is 3.07. The van der Waals surface area contributed by atoms with Crippen molar-refractivity contribution in [1.29, 1.82) is 0 Å². The van der Waals surface area contributed by atoms with E-state index in [9.17, 15) is 0 Å². The van der Waals surface area contributed by atoms with Crippen molar-refractivity contribution in [2.75, 3.05) is 12.4 Å². The summed E-state index contributed by atoms with van der Waals surface area (Å²) in [5.41, 5.74) is 4.58. The summed E-state index contributed by atoms with van der Waals surface area (Å²) >= 11 is 0. The van der Waals surface area contributed by atoms with Crippen LogP contribution in [0.25, 0.3) is 33.1 Å². The lowest BCUT2D eigenvalue weighted by molar-refractivity contribution is 0.359. The number of aromatic amines is 1. The normalized spacial score (nSPS) is 13.2. The van der Waals surface area contributed by atoms with Gasteiger partial charge in [-0.1, -0.05) is 25.9 Å². The maximum absolute atomic E-state index is 5.76. The standard InChI is InChI=1S/C23H29N5O2/c1-11-19(12(2)30-28-11)16-9-17-15(10-18(16)29-8)20-21(24-13(3)23(5,6)7)25-14(4)26-22(20)27-17/h9-10,13H,1-8H3,(H2,24,25,26,27)/t13-/m0/s1. The van der Waals surface area contributed by atoms with E-state index in [1.165, 1.54) is 0 Å². The van der Waals surface area contributed by atoms with Crippen LogP contribution < -0.4 is 10.1 Å². The van der Waals surface area contributed by atoms with Gasteiger partial charge >= 0.3 is 0 Å². The van der Waals surface area contributed by atoms with E-state index in [1.807, 2.05) is 26.8 Å². The van der Waals surface area contributed by atoms with Gasteiger partial charge in [0.1, 0.15) is 28.8 Å². The van der Waals surface area contributed by atoms with Crippen molar-refractivity contribution in [2.24, 2.45) is 5.41 Å². The van der Waals surface area contributed by atoms with Crippen LogP contribution in [0.4, 0.5) is 5.82 Å². The fraction of sp³-hybridized carbons (Fsp3) is 0.435. The summed E-state index contributed by atoms with van der Waals surface area (Å²) in [5, 5.41) is 9.69. The SMILES string of the molecule is COc1cc2c(cc1-c1c(C)noc1C)[nH]c1nc(C)nc(N[C@@H](C)C(C)(C)C)c12. The van der Waals surface area contributed by atoms with E-state index in [-0.39, 0.29) is 11.5 Å². The molecule has 0 aliphatic heterocycles. The van der Waals surface area contributed by atoms with Gasteiger partial charge < -0.3 is 19.6 Å². The van der Waals surface area contributed by atoms with E-state index in [0.29, 0.717) is 0 Å². The van der Waals surface area contributed by atoms with Crippen LogP contribution in [0.5, 0.6) is 5.75 Å². The van der Waals surface area contributed by atoms with Gasteiger partial charge in [-0.05, 0) is 45.2 Å². The Morgan fingerprint density at radius 2 is 1.87 bits per heavy atom. The molecule has 0 saturated heterocycles. The molecule has 0 bridgehead atoms. The Morgan fingerprint density at radius 1 is 1.13 bits per heavy atom. The van der Waals surface area contributed by atoms with Crippen LogP contribution in [0.1, 0.15) is 45.0 Å². The average molecular weight is 408 g/mol. The maximum Gasteiger partial charge on any atom is 0.144 e. The number of aromatic nitrogens is 4. The van der Waals surface area contributed by atoms with Crippen LogP contribution in [-0.2, 0) is 0 Å². The molecule has 0 fully saturated rings. The van der Waals surface area contributed by atoms with Gasteiger partial charge in [0.15, 0.2) is 0 Å². The van der Waals surface area contributed by atoms with Gasteiger partial charge in [0.05, 0.1) is 23.8 Å². The van der Waals surface area contributed by atoms with Gasteiger partial charge in [-0.3, -0.25) is 0 Å². The molecule has 0 unspecified atom stereocenters. The van der Waals surface area contributed by atoms with E-state index in [0.717, 1.165) is 61.9 Å². The lowest BCUT2D eigenvalue weighted by atomic mass is 9.88. The molecule has 0 aliphatic rings. The zero-order chi connectivity index (χ0) is 21.8. The van der Waals surface area contributed by atoms with Crippen LogP contribution in [0.2, 0.25) is 0 Å². The zero-order valence-corrected chi connectivity index (χ0v) is 18.9. The maximum atomic E-state index is 5.76. The number of H-pyrrole nitrogens is 1. The van der Waals surface area contributed by atoms with E-state index in [2.05, 4.69) is 54.2 Å². The highest BCUT2D eigenvalue weighted by molar-refractivity contribution is 6.12. The Bertz CT molecular complexity index is 1230. The predicted molar refractivity (Wildman–Crippen MR) is 120 cm³/mol. The number of rotatable bonds is 4. The van der Waals surface area contributed by atoms with Crippen LogP contribution in [0.15, 0.2) is 16.7 Å². The quantitative estimate of drug-likeness (QED) is 0.461. The third-order valence-electron chi connectivity index (χ3n) is 5.84. The first-order chi connectivity index (χ1) is 14.1. The summed E-state index contributed by atoms with van der Waals surface area (Å²) in [7, 11) is 1.68. The molecule has 3 aromatic heterocycles. The third-order valence-corrected chi connectivity index (χ3v) is 5.84. The minimum atomic E-state index is 0.0888. The first-order valence-corrected chi connectivity index (χ1v) is 10.2. The van der Waals surface area contributed by atoms with Crippen molar-refractivity contribution in [3.05, 3.63) is 29.4 Å². The first-order valence-electron chi connectivity index (χ1n) is 10.2. The molecule has 0 amide bonds. The monoisotopic (exact) mass is 407 g/mol. The van der Waals surface area contributed by atoms with Crippen molar-refractivity contribution in [1.82, 2.24) is 20.1 Å². The van der Waals surface area contributed by atoms with Crippen molar-refractivity contribution >= 4 is 27.8 Å². The number of hydrogen-bond donors (Lipinski definition) is 2. The Kier molecular flexibility index (Phi) is 4.71. The van der Waals surface area contributed by atoms with E-state index < -0.39 is 0 Å². The number of anilines is 1. The lowest BCUT2D eigenvalue weighted by Crippen LogP contribution is -2.31. The van der Waals surface area contributed by atoms with Gasteiger partial charge in [0.2, 0.25) is 0 Å². The third kappa shape index (κ3) is 3.28. The van der Waals surface area contributed by atoms with Crippen LogP contribution in [0, 0.1) is 26.2 Å². The molecule has 4 rings (SSSR count). The predicted octanol–water partition coefficient (Wildman–Crippen LogP) is 5.55. The van der Waals surface area contributed by atoms with E-state index in [4.69, 9.17) is 14.2 Å². The largest absolute Gasteiger partial charge is 0.496 e. The van der Waals surface area contributed by atoms with Gasteiger partial charge in [0.25, 0.3) is 0 Å². The topological polar surface area (TPSA) is 88.9 Å². The molecule has 3 heterocycles. The van der Waals surface area contributed by atoms with Crippen molar-refractivity contribution in [3.8, 4) is 16.9 Å². The van der Waals surface area contributed by atoms with Gasteiger partial charge in [-0.2, -0.15) is 0 Å². The number of benzene rings is 1. The Morgan fingerprint density at radius 3 is 2.47 bits per heavy atom. The van der Waals surface area contributed by atoms with Crippen LogP contribution >= 0.6 is 0 Å². The first kappa shape index (κ1) is 20.2. The zero-order valence-electron chi connectivity index (χ0n) is 18.9. The Hall–Kier alpha value is -3.09. The summed E-state index contributed by atoms with van der Waals surface area (Å²) < 4.78 is 11.1. The molecule has 7 heteroatoms. The fourth-order valence-electron chi connectivity index (χ4n) is 3.69. The highest BCUT2D eigenvalue weighted by atomic mass is 16.5. The number of ether oxygens (including phenoxy) is 1. The lowest BCUT2D eigenvalue weighted by Gasteiger charge is -2.28. The summed E-state index contributed by atoms with van der Waals surface area (Å²) in [6.07, 6.45) is 0. The smallest absolute Gasteiger partial charge is 0.144 e. The van der Waals surface area contributed by atoms with Crippen LogP contribution in [0.3, 0.4) is 0 Å². The average Bonchev–Trinajstić information content (AvgIpc) is 3.18. The second kappa shape index (κ2) is 7.00. The minimum Gasteiger partial charge on any atom is -0.496 e. The van der Waals surface area contributed by atoms with Crippen molar-refractivity contribution < 1.29 is 9.26 Å². The van der Waals surface area contributed by atoms with Gasteiger partial charge in [0, 0.05) is 22.5 Å². The summed E-state index contributed by atoms with van der Waals surface area (Å²) in [4.78, 5) is 12.8. The molecule has 1 aromatic carbocycles. The van der Waals surface area contributed by atoms with Gasteiger partial charge in [-0.25, -0.2) is 9.97 Å². The number of fused-ring (bicyclic) bond motifs is 3. The molecule has 30 heavy (non-hydrogen) atoms. The minimum absolute atomic E-state index is 0.0888. The van der Waals surface area contributed by atoms with E-state index in [1.54, 1.807) is 7.11 Å². The number of nitrogens with zero attached hydrogens (tertiary/aromatic N) is 3. The molecule has 0 radical (unpaired) electrons. The molecule has 7 nitrogen and oxygen atoms in total. The number of nitrogens with one attached hydrogen (secondary N) is 2. The molecule has 0 saturated carbocycles. The Labute approximate surface area is 176 Å². The molecule has 1 atom stereocenters. The highest BCUT2D eigenvalue weighted by Crippen LogP contribution is 2.40. The molecule has 4 aromatic rings. The number of methoxy groups -OCH3 is 1. The highest BCUT2D eigenvalue weighted by Gasteiger charge is 2.24. The molecular weight excluding hydrogens is 378 g/mol. The summed E-state index contributed by atoms with van der Waals surface area (Å²) in [6, 6.07) is 4.35. The van der Waals surface area contributed by atoms with Crippen LogP contribution in [-0.4, -0.2) is 33.3 Å².